The SMILES string of the molecule is CC1=C(C)C(=O)C(c2ccccc2)C1. The van der Waals surface area contributed by atoms with Crippen LogP contribution in [0.2, 0.25) is 0 Å². The van der Waals surface area contributed by atoms with Gasteiger partial charge in [-0.25, -0.2) is 0 Å². The Morgan fingerprint density at radius 2 is 1.79 bits per heavy atom. The van der Waals surface area contributed by atoms with Gasteiger partial charge in [0.2, 0.25) is 0 Å². The van der Waals surface area contributed by atoms with E-state index in [4.69, 9.17) is 0 Å². The molecule has 1 aliphatic rings. The number of hydrogen-bond donors (Lipinski definition) is 0. The van der Waals surface area contributed by atoms with Crippen molar-refractivity contribution in [2.45, 2.75) is 26.2 Å². The second-order valence-corrected chi connectivity index (χ2v) is 3.94. The third-order valence-corrected chi connectivity index (χ3v) is 3.04. The van der Waals surface area contributed by atoms with Crippen LogP contribution in [0.25, 0.3) is 0 Å². The third-order valence-electron chi connectivity index (χ3n) is 3.04. The topological polar surface area (TPSA) is 17.1 Å². The standard InChI is InChI=1S/C13H14O/c1-9-8-12(13(14)10(9)2)11-6-4-3-5-7-11/h3-7,12H,8H2,1-2H3. The van der Waals surface area contributed by atoms with Crippen LogP contribution in [0, 0.1) is 0 Å². The van der Waals surface area contributed by atoms with Gasteiger partial charge < -0.3 is 0 Å². The van der Waals surface area contributed by atoms with E-state index in [0.29, 0.717) is 5.78 Å². The molecular formula is C13H14O. The van der Waals surface area contributed by atoms with Crippen molar-refractivity contribution in [3.63, 3.8) is 0 Å². The molecule has 0 amide bonds. The molecule has 0 N–H and O–H groups in total. The average Bonchev–Trinajstić information content (AvgIpc) is 2.47. The Morgan fingerprint density at radius 3 is 2.29 bits per heavy atom. The van der Waals surface area contributed by atoms with Crippen LogP contribution in [0.3, 0.4) is 0 Å². The molecule has 2 rings (SSSR count). The first-order valence-electron chi connectivity index (χ1n) is 4.95. The van der Waals surface area contributed by atoms with Gasteiger partial charge in [-0.3, -0.25) is 4.79 Å². The molecule has 0 heterocycles. The fourth-order valence-corrected chi connectivity index (χ4v) is 1.98. The number of Topliss-reactive ketones (excluding diaryl/α,β-unsaturated/α-hetero) is 1. The van der Waals surface area contributed by atoms with Gasteiger partial charge in [-0.2, -0.15) is 0 Å². The highest BCUT2D eigenvalue weighted by atomic mass is 16.1. The summed E-state index contributed by atoms with van der Waals surface area (Å²) in [4.78, 5) is 11.9. The first-order valence-corrected chi connectivity index (χ1v) is 4.95. The van der Waals surface area contributed by atoms with Gasteiger partial charge in [0.1, 0.15) is 0 Å². The highest BCUT2D eigenvalue weighted by Gasteiger charge is 2.29. The summed E-state index contributed by atoms with van der Waals surface area (Å²) in [5.74, 6) is 0.380. The van der Waals surface area contributed by atoms with Gasteiger partial charge in [-0.1, -0.05) is 35.9 Å². The third kappa shape index (κ3) is 1.39. The Bertz CT molecular complexity index is 387. The van der Waals surface area contributed by atoms with Crippen LogP contribution in [0.5, 0.6) is 0 Å². The fraction of sp³-hybridized carbons (Fsp3) is 0.308. The Hall–Kier alpha value is -1.37. The summed E-state index contributed by atoms with van der Waals surface area (Å²) in [6.07, 6.45) is 0.898. The minimum Gasteiger partial charge on any atom is -0.294 e. The van der Waals surface area contributed by atoms with E-state index in [1.54, 1.807) is 0 Å². The van der Waals surface area contributed by atoms with Gasteiger partial charge in [-0.05, 0) is 31.4 Å². The zero-order valence-corrected chi connectivity index (χ0v) is 8.58. The van der Waals surface area contributed by atoms with Gasteiger partial charge in [0.15, 0.2) is 5.78 Å². The average molecular weight is 186 g/mol. The summed E-state index contributed by atoms with van der Waals surface area (Å²) in [6, 6.07) is 10.0. The number of hydrogen-bond acceptors (Lipinski definition) is 1. The lowest BCUT2D eigenvalue weighted by Gasteiger charge is -2.08. The molecule has 0 spiro atoms. The van der Waals surface area contributed by atoms with Crippen LogP contribution in [0.15, 0.2) is 41.5 Å². The molecule has 0 saturated heterocycles. The largest absolute Gasteiger partial charge is 0.294 e. The molecule has 1 heteroatoms. The smallest absolute Gasteiger partial charge is 0.166 e. The van der Waals surface area contributed by atoms with Gasteiger partial charge in [0.05, 0.1) is 5.92 Å². The maximum atomic E-state index is 11.9. The normalized spacial score (nSPS) is 21.9. The lowest BCUT2D eigenvalue weighted by atomic mass is 9.94. The predicted octanol–water partition coefficient (Wildman–Crippen LogP) is 3.08. The van der Waals surface area contributed by atoms with Crippen LogP contribution in [-0.2, 0) is 4.79 Å². The lowest BCUT2D eigenvalue weighted by molar-refractivity contribution is -0.116. The fourth-order valence-electron chi connectivity index (χ4n) is 1.98. The van der Waals surface area contributed by atoms with Crippen molar-refractivity contribution in [3.8, 4) is 0 Å². The van der Waals surface area contributed by atoms with Crippen LogP contribution in [0.4, 0.5) is 0 Å². The van der Waals surface area contributed by atoms with Crippen molar-refractivity contribution in [2.75, 3.05) is 0 Å². The summed E-state index contributed by atoms with van der Waals surface area (Å²) in [5.41, 5.74) is 3.34. The molecule has 0 aliphatic heterocycles. The quantitative estimate of drug-likeness (QED) is 0.658. The minimum atomic E-state index is 0.0798. The molecule has 1 aromatic carbocycles. The molecular weight excluding hydrogens is 172 g/mol. The van der Waals surface area contributed by atoms with Crippen molar-refractivity contribution in [1.29, 1.82) is 0 Å². The molecule has 0 bridgehead atoms. The van der Waals surface area contributed by atoms with Crippen molar-refractivity contribution < 1.29 is 4.79 Å². The molecule has 1 unspecified atom stereocenters. The van der Waals surface area contributed by atoms with Crippen LogP contribution >= 0.6 is 0 Å². The predicted molar refractivity (Wildman–Crippen MR) is 57.2 cm³/mol. The molecule has 1 atom stereocenters. The van der Waals surface area contributed by atoms with E-state index in [1.807, 2.05) is 37.3 Å². The number of benzene rings is 1. The van der Waals surface area contributed by atoms with Crippen molar-refractivity contribution in [3.05, 3.63) is 47.0 Å². The number of ketones is 1. The molecule has 1 nitrogen and oxygen atoms in total. The summed E-state index contributed by atoms with van der Waals surface area (Å²) in [6.45, 7) is 3.98. The van der Waals surface area contributed by atoms with Gasteiger partial charge >= 0.3 is 0 Å². The van der Waals surface area contributed by atoms with Crippen molar-refractivity contribution >= 4 is 5.78 Å². The van der Waals surface area contributed by atoms with E-state index >= 15 is 0 Å². The van der Waals surface area contributed by atoms with E-state index in [9.17, 15) is 4.79 Å². The van der Waals surface area contributed by atoms with E-state index < -0.39 is 0 Å². The van der Waals surface area contributed by atoms with Gasteiger partial charge in [0.25, 0.3) is 0 Å². The van der Waals surface area contributed by atoms with Gasteiger partial charge in [-0.15, -0.1) is 0 Å². The number of carbonyl (C=O) groups excluding carboxylic acids is 1. The first kappa shape index (κ1) is 9.20. The maximum Gasteiger partial charge on any atom is 0.166 e. The first-order chi connectivity index (χ1) is 6.70. The monoisotopic (exact) mass is 186 g/mol. The van der Waals surface area contributed by atoms with E-state index in [1.165, 1.54) is 5.57 Å². The molecule has 0 saturated carbocycles. The molecule has 1 aliphatic carbocycles. The second kappa shape index (κ2) is 3.41. The molecule has 0 aromatic heterocycles. The van der Waals surface area contributed by atoms with Gasteiger partial charge in [0, 0.05) is 0 Å². The Balaban J connectivity index is 2.30. The highest BCUT2D eigenvalue weighted by molar-refractivity contribution is 6.03. The number of carbonyl (C=O) groups is 1. The molecule has 14 heavy (non-hydrogen) atoms. The van der Waals surface area contributed by atoms with E-state index in [2.05, 4.69) is 6.92 Å². The highest BCUT2D eigenvalue weighted by Crippen LogP contribution is 2.34. The summed E-state index contributed by atoms with van der Waals surface area (Å²) in [5, 5.41) is 0. The van der Waals surface area contributed by atoms with E-state index in [-0.39, 0.29) is 5.92 Å². The minimum absolute atomic E-state index is 0.0798. The maximum absolute atomic E-state index is 11.9. The summed E-state index contributed by atoms with van der Waals surface area (Å²) < 4.78 is 0. The molecule has 72 valence electrons. The molecule has 1 aromatic rings. The zero-order valence-electron chi connectivity index (χ0n) is 8.58. The van der Waals surface area contributed by atoms with Crippen LogP contribution in [-0.4, -0.2) is 5.78 Å². The second-order valence-electron chi connectivity index (χ2n) is 3.94. The van der Waals surface area contributed by atoms with Crippen molar-refractivity contribution in [1.82, 2.24) is 0 Å². The van der Waals surface area contributed by atoms with Crippen molar-refractivity contribution in [2.24, 2.45) is 0 Å². The number of allylic oxidation sites excluding steroid dienone is 2. The number of rotatable bonds is 1. The zero-order chi connectivity index (χ0) is 10.1. The van der Waals surface area contributed by atoms with Crippen LogP contribution < -0.4 is 0 Å². The molecule has 0 fully saturated rings. The van der Waals surface area contributed by atoms with Crippen LogP contribution in [0.1, 0.15) is 31.7 Å². The lowest BCUT2D eigenvalue weighted by Crippen LogP contribution is -2.06. The Kier molecular flexibility index (Phi) is 2.24. The Morgan fingerprint density at radius 1 is 1.14 bits per heavy atom. The molecule has 0 radical (unpaired) electrons. The Labute approximate surface area is 84.5 Å². The summed E-state index contributed by atoms with van der Waals surface area (Å²) >= 11 is 0. The summed E-state index contributed by atoms with van der Waals surface area (Å²) in [7, 11) is 0. The van der Waals surface area contributed by atoms with E-state index in [0.717, 1.165) is 17.6 Å².